The molecular weight excluding hydrogens is 374 g/mol. The van der Waals surface area contributed by atoms with Crippen LogP contribution in [0.4, 0.5) is 0 Å². The van der Waals surface area contributed by atoms with Crippen LogP contribution in [0, 0.1) is 0 Å². The summed E-state index contributed by atoms with van der Waals surface area (Å²) in [7, 11) is 1.15. The molecule has 29 heavy (non-hydrogen) atoms. The number of hydrogen-bond acceptors (Lipinski definition) is 6. The highest BCUT2D eigenvalue weighted by atomic mass is 16.5. The number of nitrogens with zero attached hydrogens (tertiary/aromatic N) is 2. The summed E-state index contributed by atoms with van der Waals surface area (Å²) in [6.45, 7) is 0.393. The van der Waals surface area contributed by atoms with Gasteiger partial charge < -0.3 is 10.1 Å². The molecule has 1 aromatic heterocycles. The van der Waals surface area contributed by atoms with Crippen LogP contribution in [0.15, 0.2) is 48.8 Å². The number of nitrogens with one attached hydrogen (secondary N) is 1. The minimum absolute atomic E-state index is 0.211. The SMILES string of the molecule is COC(=O)C(CC(=O)NCCCc1cccnc1)N1C(=O)c2ccccc2C1=O. The molecule has 0 bridgehead atoms. The molecule has 8 heteroatoms. The van der Waals surface area contributed by atoms with Gasteiger partial charge in [-0.05, 0) is 36.6 Å². The molecule has 1 unspecified atom stereocenters. The summed E-state index contributed by atoms with van der Waals surface area (Å²) < 4.78 is 4.73. The van der Waals surface area contributed by atoms with Gasteiger partial charge in [-0.2, -0.15) is 0 Å². The smallest absolute Gasteiger partial charge is 0.329 e. The van der Waals surface area contributed by atoms with E-state index < -0.39 is 29.7 Å². The number of ether oxygens (including phenoxy) is 1. The average molecular weight is 395 g/mol. The lowest BCUT2D eigenvalue weighted by Gasteiger charge is -2.23. The van der Waals surface area contributed by atoms with Crippen LogP contribution in [-0.2, 0) is 20.7 Å². The number of aromatic nitrogens is 1. The molecule has 3 rings (SSSR count). The van der Waals surface area contributed by atoms with E-state index in [2.05, 4.69) is 10.3 Å². The lowest BCUT2D eigenvalue weighted by Crippen LogP contribution is -2.48. The molecule has 8 nitrogen and oxygen atoms in total. The molecule has 0 fully saturated rings. The van der Waals surface area contributed by atoms with Crippen LogP contribution in [0.5, 0.6) is 0 Å². The third-order valence-electron chi connectivity index (χ3n) is 4.68. The molecule has 0 radical (unpaired) electrons. The maximum atomic E-state index is 12.6. The van der Waals surface area contributed by atoms with Crippen LogP contribution in [0.3, 0.4) is 0 Å². The molecule has 3 amide bonds. The van der Waals surface area contributed by atoms with Gasteiger partial charge in [-0.15, -0.1) is 0 Å². The first-order valence-electron chi connectivity index (χ1n) is 9.23. The molecule has 150 valence electrons. The molecular formula is C21H21N3O5. The number of carbonyl (C=O) groups excluding carboxylic acids is 4. The van der Waals surface area contributed by atoms with Gasteiger partial charge >= 0.3 is 5.97 Å². The van der Waals surface area contributed by atoms with Gasteiger partial charge in [0.2, 0.25) is 5.91 Å². The molecule has 0 saturated carbocycles. The molecule has 0 spiro atoms. The number of amides is 3. The largest absolute Gasteiger partial charge is 0.467 e. The molecule has 1 atom stereocenters. The van der Waals surface area contributed by atoms with Crippen molar-refractivity contribution in [3.8, 4) is 0 Å². The summed E-state index contributed by atoms with van der Waals surface area (Å²) in [5.41, 5.74) is 1.48. The van der Waals surface area contributed by atoms with Crippen molar-refractivity contribution < 1.29 is 23.9 Å². The predicted molar refractivity (Wildman–Crippen MR) is 103 cm³/mol. The highest BCUT2D eigenvalue weighted by molar-refractivity contribution is 6.22. The van der Waals surface area contributed by atoms with E-state index in [0.29, 0.717) is 13.0 Å². The third-order valence-corrected chi connectivity index (χ3v) is 4.68. The Labute approximate surface area is 167 Å². The Bertz CT molecular complexity index is 894. The second-order valence-corrected chi connectivity index (χ2v) is 6.58. The van der Waals surface area contributed by atoms with Crippen molar-refractivity contribution in [2.24, 2.45) is 0 Å². The monoisotopic (exact) mass is 395 g/mol. The Morgan fingerprint density at radius 2 is 1.79 bits per heavy atom. The number of carbonyl (C=O) groups is 4. The fourth-order valence-corrected chi connectivity index (χ4v) is 3.22. The number of hydrogen-bond donors (Lipinski definition) is 1. The third kappa shape index (κ3) is 4.48. The Morgan fingerprint density at radius 3 is 2.38 bits per heavy atom. The predicted octanol–water partition coefficient (Wildman–Crippen LogP) is 1.36. The number of imide groups is 1. The Hall–Kier alpha value is -3.55. The van der Waals surface area contributed by atoms with Crippen molar-refractivity contribution in [3.05, 3.63) is 65.5 Å². The van der Waals surface area contributed by atoms with Crippen LogP contribution >= 0.6 is 0 Å². The number of benzene rings is 1. The maximum absolute atomic E-state index is 12.6. The lowest BCUT2D eigenvalue weighted by atomic mass is 10.1. The van der Waals surface area contributed by atoms with Gasteiger partial charge in [-0.25, -0.2) is 4.79 Å². The minimum atomic E-state index is -1.31. The van der Waals surface area contributed by atoms with Crippen LogP contribution in [-0.4, -0.2) is 53.3 Å². The van der Waals surface area contributed by atoms with E-state index in [1.54, 1.807) is 24.5 Å². The molecule has 1 N–H and O–H groups in total. The Kier molecular flexibility index (Phi) is 6.33. The van der Waals surface area contributed by atoms with Gasteiger partial charge in [0.25, 0.3) is 11.8 Å². The Balaban J connectivity index is 1.61. The highest BCUT2D eigenvalue weighted by Gasteiger charge is 2.43. The number of rotatable bonds is 8. The van der Waals surface area contributed by atoms with Crippen molar-refractivity contribution in [1.82, 2.24) is 15.2 Å². The molecule has 1 aliphatic heterocycles. The van der Waals surface area contributed by atoms with E-state index in [0.717, 1.165) is 24.0 Å². The molecule has 1 aliphatic rings. The molecule has 0 saturated heterocycles. The second-order valence-electron chi connectivity index (χ2n) is 6.58. The van der Waals surface area contributed by atoms with Crippen LogP contribution < -0.4 is 5.32 Å². The number of methoxy groups -OCH3 is 1. The van der Waals surface area contributed by atoms with Gasteiger partial charge in [-0.1, -0.05) is 18.2 Å². The zero-order chi connectivity index (χ0) is 20.8. The van der Waals surface area contributed by atoms with Crippen molar-refractivity contribution in [2.75, 3.05) is 13.7 Å². The first-order chi connectivity index (χ1) is 14.0. The first kappa shape index (κ1) is 20.2. The van der Waals surface area contributed by atoms with Crippen LogP contribution in [0.25, 0.3) is 0 Å². The number of fused-ring (bicyclic) bond motifs is 1. The summed E-state index contributed by atoms with van der Waals surface area (Å²) in [6, 6.07) is 8.78. The zero-order valence-corrected chi connectivity index (χ0v) is 16.0. The maximum Gasteiger partial charge on any atom is 0.329 e. The van der Waals surface area contributed by atoms with Gasteiger partial charge in [0.15, 0.2) is 0 Å². The minimum Gasteiger partial charge on any atom is -0.467 e. The van der Waals surface area contributed by atoms with Gasteiger partial charge in [0, 0.05) is 18.9 Å². The fraction of sp³-hybridized carbons (Fsp3) is 0.286. The number of pyridine rings is 1. The van der Waals surface area contributed by atoms with Crippen molar-refractivity contribution in [3.63, 3.8) is 0 Å². The summed E-state index contributed by atoms with van der Waals surface area (Å²) in [6.07, 6.45) is 4.53. The zero-order valence-electron chi connectivity index (χ0n) is 16.0. The highest BCUT2D eigenvalue weighted by Crippen LogP contribution is 2.26. The normalized spacial score (nSPS) is 13.8. The van der Waals surface area contributed by atoms with Gasteiger partial charge in [-0.3, -0.25) is 24.3 Å². The summed E-state index contributed by atoms with van der Waals surface area (Å²) in [4.78, 5) is 54.7. The number of aryl methyl sites for hydroxylation is 1. The van der Waals surface area contributed by atoms with E-state index in [9.17, 15) is 19.2 Å². The summed E-state index contributed by atoms with van der Waals surface area (Å²) in [5, 5.41) is 2.72. The van der Waals surface area contributed by atoms with Crippen molar-refractivity contribution >= 4 is 23.7 Å². The lowest BCUT2D eigenvalue weighted by molar-refractivity contribution is -0.147. The topological polar surface area (TPSA) is 106 Å². The average Bonchev–Trinajstić information content (AvgIpc) is 3.00. The van der Waals surface area contributed by atoms with Gasteiger partial charge in [0.05, 0.1) is 24.7 Å². The molecule has 0 aliphatic carbocycles. The van der Waals surface area contributed by atoms with Crippen molar-refractivity contribution in [1.29, 1.82) is 0 Å². The standard InChI is InChI=1S/C21H21N3O5/c1-29-21(28)17(24-19(26)15-8-2-3-9-16(15)20(24)27)12-18(25)23-11-5-7-14-6-4-10-22-13-14/h2-4,6,8-10,13,17H,5,7,11-12H2,1H3,(H,23,25). The number of esters is 1. The second kappa shape index (κ2) is 9.09. The quantitative estimate of drug-likeness (QED) is 0.411. The van der Waals surface area contributed by atoms with E-state index in [4.69, 9.17) is 4.74 Å². The van der Waals surface area contributed by atoms with E-state index in [1.807, 2.05) is 12.1 Å². The van der Waals surface area contributed by atoms with E-state index in [1.165, 1.54) is 12.1 Å². The molecule has 1 aromatic carbocycles. The molecule has 2 heterocycles. The summed E-state index contributed by atoms with van der Waals surface area (Å²) >= 11 is 0. The van der Waals surface area contributed by atoms with Crippen molar-refractivity contribution in [2.45, 2.75) is 25.3 Å². The fourth-order valence-electron chi connectivity index (χ4n) is 3.22. The Morgan fingerprint density at radius 1 is 1.10 bits per heavy atom. The van der Waals surface area contributed by atoms with Crippen LogP contribution in [0.2, 0.25) is 0 Å². The van der Waals surface area contributed by atoms with Gasteiger partial charge in [0.1, 0.15) is 6.04 Å². The first-order valence-corrected chi connectivity index (χ1v) is 9.23. The van der Waals surface area contributed by atoms with E-state index in [-0.39, 0.29) is 17.5 Å². The van der Waals surface area contributed by atoms with E-state index >= 15 is 0 Å². The van der Waals surface area contributed by atoms with Crippen LogP contribution in [0.1, 0.15) is 39.1 Å². The summed E-state index contributed by atoms with van der Waals surface area (Å²) in [5.74, 6) is -2.47. The molecule has 2 aromatic rings.